The molecule has 0 aliphatic carbocycles. The first-order chi connectivity index (χ1) is 16.2. The zero-order valence-corrected chi connectivity index (χ0v) is 19.8. The van der Waals surface area contributed by atoms with Crippen molar-refractivity contribution in [1.82, 2.24) is 24.4 Å². The third-order valence-corrected chi connectivity index (χ3v) is 6.70. The molecule has 5 rings (SSSR count). The fraction of sp³-hybridized carbons (Fsp3) is 0.400. The van der Waals surface area contributed by atoms with E-state index in [2.05, 4.69) is 54.9 Å². The highest BCUT2D eigenvalue weighted by molar-refractivity contribution is 7.71. The molecule has 33 heavy (non-hydrogen) atoms. The average Bonchev–Trinajstić information content (AvgIpc) is 3.16. The number of aryl methyl sites for hydroxylation is 1. The molecule has 1 saturated heterocycles. The van der Waals surface area contributed by atoms with Gasteiger partial charge in [-0.05, 0) is 63.3 Å². The topological polar surface area (TPSA) is 71.0 Å². The number of ether oxygens (including phenoxy) is 1. The molecule has 0 atom stereocenters. The maximum Gasteiger partial charge on any atom is 0.178 e. The number of piperidine rings is 1. The summed E-state index contributed by atoms with van der Waals surface area (Å²) in [6, 6.07) is 12.4. The molecular weight excluding hydrogens is 432 g/mol. The van der Waals surface area contributed by atoms with E-state index in [9.17, 15) is 0 Å². The highest BCUT2D eigenvalue weighted by atomic mass is 32.1. The molecule has 1 aliphatic heterocycles. The number of fused-ring (bicyclic) bond motifs is 2. The van der Waals surface area contributed by atoms with Gasteiger partial charge in [0, 0.05) is 30.6 Å². The molecule has 2 aromatic carbocycles. The summed E-state index contributed by atoms with van der Waals surface area (Å²) < 4.78 is 8.97. The van der Waals surface area contributed by atoms with Crippen molar-refractivity contribution in [1.29, 1.82) is 0 Å². The van der Waals surface area contributed by atoms with E-state index in [1.807, 2.05) is 18.2 Å². The van der Waals surface area contributed by atoms with Gasteiger partial charge in [0.15, 0.2) is 4.77 Å². The van der Waals surface area contributed by atoms with Gasteiger partial charge in [-0.25, -0.2) is 9.97 Å². The molecule has 8 heteroatoms. The molecule has 7 nitrogen and oxygen atoms in total. The Balaban J connectivity index is 1.32. The van der Waals surface area contributed by atoms with Gasteiger partial charge in [0.25, 0.3) is 0 Å². The molecule has 2 N–H and O–H groups in total. The van der Waals surface area contributed by atoms with E-state index in [0.717, 1.165) is 56.9 Å². The van der Waals surface area contributed by atoms with Gasteiger partial charge in [-0.1, -0.05) is 24.6 Å². The number of para-hydroxylation sites is 1. The van der Waals surface area contributed by atoms with Crippen molar-refractivity contribution >= 4 is 40.0 Å². The van der Waals surface area contributed by atoms with Gasteiger partial charge >= 0.3 is 0 Å². The smallest absolute Gasteiger partial charge is 0.178 e. The normalized spacial score (nSPS) is 14.7. The Morgan fingerprint density at radius 2 is 1.97 bits per heavy atom. The molecule has 172 valence electrons. The lowest BCUT2D eigenvalue weighted by molar-refractivity contribution is 0.183. The van der Waals surface area contributed by atoms with E-state index in [-0.39, 0.29) is 0 Å². The van der Waals surface area contributed by atoms with E-state index >= 15 is 0 Å². The van der Waals surface area contributed by atoms with Gasteiger partial charge in [0.1, 0.15) is 24.5 Å². The lowest BCUT2D eigenvalue weighted by atomic mass is 10.1. The molecule has 2 aromatic heterocycles. The second-order valence-corrected chi connectivity index (χ2v) is 8.88. The minimum atomic E-state index is 0.621. The highest BCUT2D eigenvalue weighted by Crippen LogP contribution is 2.27. The number of aromatic nitrogens is 4. The van der Waals surface area contributed by atoms with Crippen molar-refractivity contribution in [2.24, 2.45) is 0 Å². The van der Waals surface area contributed by atoms with Gasteiger partial charge in [0.2, 0.25) is 0 Å². The van der Waals surface area contributed by atoms with E-state index in [1.165, 1.54) is 32.4 Å². The lowest BCUT2D eigenvalue weighted by Gasteiger charge is -2.26. The quantitative estimate of drug-likeness (QED) is 0.353. The maximum atomic E-state index is 6.17. The van der Waals surface area contributed by atoms with Crippen molar-refractivity contribution in [3.8, 4) is 5.75 Å². The molecule has 0 bridgehead atoms. The molecule has 3 heterocycles. The Bertz CT molecular complexity index is 1310. The standard InChI is InChI=1S/C25H30N6OS/c1-2-31-22-15-20-19(14-21(22)29-25(31)33)24(28-17-27-20)26-16-18-8-4-5-9-23(18)32-13-12-30-10-6-3-7-11-30/h4-5,8-9,14-15,17H,2-3,6-7,10-13,16H2,1H3,(H,29,33)(H,26,27,28). The predicted molar refractivity (Wildman–Crippen MR) is 135 cm³/mol. The van der Waals surface area contributed by atoms with E-state index in [4.69, 9.17) is 17.0 Å². The van der Waals surface area contributed by atoms with Gasteiger partial charge in [-0.15, -0.1) is 0 Å². The SMILES string of the molecule is CCn1c(=S)[nH]c2cc3c(NCc4ccccc4OCCN4CCCCC4)ncnc3cc21. The van der Waals surface area contributed by atoms with Crippen LogP contribution in [0.1, 0.15) is 31.7 Å². The molecular formula is C25H30N6OS. The number of likely N-dealkylation sites (tertiary alicyclic amines) is 1. The van der Waals surface area contributed by atoms with Crippen LogP contribution < -0.4 is 10.1 Å². The average molecular weight is 463 g/mol. The minimum absolute atomic E-state index is 0.621. The first kappa shape index (κ1) is 21.9. The van der Waals surface area contributed by atoms with E-state index < -0.39 is 0 Å². The van der Waals surface area contributed by atoms with Crippen molar-refractivity contribution in [3.05, 3.63) is 53.1 Å². The number of rotatable bonds is 8. The van der Waals surface area contributed by atoms with Crippen LogP contribution in [0, 0.1) is 4.77 Å². The Kier molecular flexibility index (Phi) is 6.55. The second kappa shape index (κ2) is 9.89. The molecule has 0 amide bonds. The number of H-pyrrole nitrogens is 1. The van der Waals surface area contributed by atoms with Gasteiger partial charge in [0.05, 0.1) is 16.6 Å². The number of nitrogens with zero attached hydrogens (tertiary/aromatic N) is 4. The zero-order valence-electron chi connectivity index (χ0n) is 19.0. The molecule has 1 fully saturated rings. The molecule has 0 saturated carbocycles. The van der Waals surface area contributed by atoms with Gasteiger partial charge in [-0.2, -0.15) is 0 Å². The summed E-state index contributed by atoms with van der Waals surface area (Å²) in [4.78, 5) is 14.8. The predicted octanol–water partition coefficient (Wildman–Crippen LogP) is 5.14. The largest absolute Gasteiger partial charge is 0.492 e. The Hall–Kier alpha value is -2.97. The van der Waals surface area contributed by atoms with Crippen molar-refractivity contribution in [3.63, 3.8) is 0 Å². The summed E-state index contributed by atoms with van der Waals surface area (Å²) in [7, 11) is 0. The first-order valence-corrected chi connectivity index (χ1v) is 12.2. The van der Waals surface area contributed by atoms with E-state index in [1.54, 1.807) is 6.33 Å². The Labute approximate surface area is 198 Å². The monoisotopic (exact) mass is 462 g/mol. The summed E-state index contributed by atoms with van der Waals surface area (Å²) in [5.41, 5.74) is 4.06. The first-order valence-electron chi connectivity index (χ1n) is 11.8. The highest BCUT2D eigenvalue weighted by Gasteiger charge is 2.12. The van der Waals surface area contributed by atoms with Crippen LogP contribution in [0.25, 0.3) is 21.9 Å². The fourth-order valence-corrected chi connectivity index (χ4v) is 4.94. The summed E-state index contributed by atoms with van der Waals surface area (Å²) >= 11 is 5.47. The van der Waals surface area contributed by atoms with Crippen LogP contribution in [0.15, 0.2) is 42.7 Å². The maximum absolute atomic E-state index is 6.17. The number of benzene rings is 2. The van der Waals surface area contributed by atoms with E-state index in [0.29, 0.717) is 13.2 Å². The summed E-state index contributed by atoms with van der Waals surface area (Å²) in [5.74, 6) is 1.72. The van der Waals surface area contributed by atoms with Crippen molar-refractivity contribution in [2.75, 3.05) is 31.6 Å². The fourth-order valence-electron chi connectivity index (χ4n) is 4.60. The lowest BCUT2D eigenvalue weighted by Crippen LogP contribution is -2.33. The van der Waals surface area contributed by atoms with Crippen LogP contribution in [0.4, 0.5) is 5.82 Å². The van der Waals surface area contributed by atoms with Crippen LogP contribution in [0.3, 0.4) is 0 Å². The number of aromatic amines is 1. The Morgan fingerprint density at radius 1 is 1.12 bits per heavy atom. The molecule has 1 aliphatic rings. The van der Waals surface area contributed by atoms with Crippen LogP contribution in [0.5, 0.6) is 5.75 Å². The third-order valence-electron chi connectivity index (χ3n) is 6.38. The minimum Gasteiger partial charge on any atom is -0.492 e. The van der Waals surface area contributed by atoms with Crippen LogP contribution in [-0.2, 0) is 13.1 Å². The molecule has 0 radical (unpaired) electrons. The summed E-state index contributed by atoms with van der Waals surface area (Å²) in [5, 5.41) is 4.46. The van der Waals surface area contributed by atoms with Gasteiger partial charge in [-0.3, -0.25) is 4.90 Å². The van der Waals surface area contributed by atoms with Crippen LogP contribution in [0.2, 0.25) is 0 Å². The van der Waals surface area contributed by atoms with Gasteiger partial charge < -0.3 is 19.6 Å². The molecule has 4 aromatic rings. The Morgan fingerprint density at radius 3 is 2.82 bits per heavy atom. The summed E-state index contributed by atoms with van der Waals surface area (Å²) in [6.45, 7) is 7.59. The van der Waals surface area contributed by atoms with Crippen LogP contribution in [-0.4, -0.2) is 50.7 Å². The third kappa shape index (κ3) is 4.72. The van der Waals surface area contributed by atoms with Crippen molar-refractivity contribution in [2.45, 2.75) is 39.3 Å². The number of nitrogens with one attached hydrogen (secondary N) is 2. The molecule has 0 unspecified atom stereocenters. The van der Waals surface area contributed by atoms with Crippen molar-refractivity contribution < 1.29 is 4.74 Å². The second-order valence-electron chi connectivity index (χ2n) is 8.50. The number of hydrogen-bond acceptors (Lipinski definition) is 6. The van der Waals surface area contributed by atoms with Crippen LogP contribution >= 0.6 is 12.2 Å². The molecule has 0 spiro atoms. The zero-order chi connectivity index (χ0) is 22.6. The number of anilines is 1. The summed E-state index contributed by atoms with van der Waals surface area (Å²) in [6.07, 6.45) is 5.56. The number of imidazole rings is 1. The number of hydrogen-bond donors (Lipinski definition) is 2.